The Balaban J connectivity index is 1.92. The van der Waals surface area contributed by atoms with Crippen LogP contribution in [0.2, 0.25) is 0 Å². The van der Waals surface area contributed by atoms with Crippen molar-refractivity contribution in [1.82, 2.24) is 9.78 Å². The Morgan fingerprint density at radius 2 is 2.21 bits per heavy atom. The van der Waals surface area contributed by atoms with E-state index in [0.29, 0.717) is 5.56 Å². The SMILES string of the molecule is O=Cc1cnn(CC2CCCCC2)c1. The van der Waals surface area contributed by atoms with Crippen LogP contribution < -0.4 is 0 Å². The van der Waals surface area contributed by atoms with Crippen molar-refractivity contribution in [2.24, 2.45) is 5.92 Å². The predicted octanol–water partition coefficient (Wildman–Crippen LogP) is 2.28. The zero-order valence-electron chi connectivity index (χ0n) is 8.35. The smallest absolute Gasteiger partial charge is 0.153 e. The highest BCUT2D eigenvalue weighted by molar-refractivity contribution is 5.73. The molecule has 1 aromatic heterocycles. The third-order valence-corrected chi connectivity index (χ3v) is 2.96. The van der Waals surface area contributed by atoms with Crippen LogP contribution in [0.1, 0.15) is 42.5 Å². The van der Waals surface area contributed by atoms with Crippen molar-refractivity contribution in [2.75, 3.05) is 0 Å². The van der Waals surface area contributed by atoms with Crippen LogP contribution in [-0.2, 0) is 6.54 Å². The molecule has 0 spiro atoms. The van der Waals surface area contributed by atoms with Gasteiger partial charge >= 0.3 is 0 Å². The minimum atomic E-state index is 0.681. The number of hydrogen-bond donors (Lipinski definition) is 0. The summed E-state index contributed by atoms with van der Waals surface area (Å²) in [7, 11) is 0. The number of carbonyl (C=O) groups excluding carboxylic acids is 1. The fourth-order valence-electron chi connectivity index (χ4n) is 2.17. The molecule has 1 aromatic rings. The number of aldehydes is 1. The zero-order valence-corrected chi connectivity index (χ0v) is 8.35. The van der Waals surface area contributed by atoms with E-state index >= 15 is 0 Å². The minimum Gasteiger partial charge on any atom is -0.298 e. The van der Waals surface area contributed by atoms with Crippen molar-refractivity contribution in [3.8, 4) is 0 Å². The fraction of sp³-hybridized carbons (Fsp3) is 0.636. The molecular weight excluding hydrogens is 176 g/mol. The van der Waals surface area contributed by atoms with Gasteiger partial charge in [-0.15, -0.1) is 0 Å². The van der Waals surface area contributed by atoms with Gasteiger partial charge in [-0.3, -0.25) is 9.48 Å². The second-order valence-corrected chi connectivity index (χ2v) is 4.12. The lowest BCUT2D eigenvalue weighted by Crippen LogP contribution is -2.14. The third kappa shape index (κ3) is 2.22. The van der Waals surface area contributed by atoms with Gasteiger partial charge < -0.3 is 0 Å². The Hall–Kier alpha value is -1.12. The third-order valence-electron chi connectivity index (χ3n) is 2.96. The first-order valence-electron chi connectivity index (χ1n) is 5.36. The molecule has 0 amide bonds. The number of nitrogens with zero attached hydrogens (tertiary/aromatic N) is 2. The normalized spacial score (nSPS) is 18.3. The summed E-state index contributed by atoms with van der Waals surface area (Å²) in [4.78, 5) is 10.5. The van der Waals surface area contributed by atoms with E-state index in [1.807, 2.05) is 10.9 Å². The molecule has 1 fully saturated rings. The Bertz CT molecular complexity index is 300. The van der Waals surface area contributed by atoms with Crippen LogP contribution in [-0.4, -0.2) is 16.1 Å². The van der Waals surface area contributed by atoms with Gasteiger partial charge in [0.05, 0.1) is 11.8 Å². The lowest BCUT2D eigenvalue weighted by atomic mass is 9.89. The number of hydrogen-bond acceptors (Lipinski definition) is 2. The molecule has 0 radical (unpaired) electrons. The van der Waals surface area contributed by atoms with E-state index in [-0.39, 0.29) is 0 Å². The average Bonchev–Trinajstić information content (AvgIpc) is 2.67. The molecule has 1 heterocycles. The van der Waals surface area contributed by atoms with Gasteiger partial charge in [-0.25, -0.2) is 0 Å². The van der Waals surface area contributed by atoms with Crippen LogP contribution in [0.4, 0.5) is 0 Å². The summed E-state index contributed by atoms with van der Waals surface area (Å²) in [5.74, 6) is 0.767. The molecule has 3 heteroatoms. The van der Waals surface area contributed by atoms with Crippen molar-refractivity contribution < 1.29 is 4.79 Å². The molecule has 0 atom stereocenters. The number of carbonyl (C=O) groups is 1. The van der Waals surface area contributed by atoms with E-state index in [2.05, 4.69) is 5.10 Å². The Morgan fingerprint density at radius 3 is 2.86 bits per heavy atom. The van der Waals surface area contributed by atoms with Crippen LogP contribution in [0.3, 0.4) is 0 Å². The monoisotopic (exact) mass is 192 g/mol. The molecular formula is C11H16N2O. The van der Waals surface area contributed by atoms with Gasteiger partial charge in [0.2, 0.25) is 0 Å². The molecule has 0 unspecified atom stereocenters. The maximum Gasteiger partial charge on any atom is 0.153 e. The van der Waals surface area contributed by atoms with Gasteiger partial charge in [-0.2, -0.15) is 5.10 Å². The quantitative estimate of drug-likeness (QED) is 0.688. The van der Waals surface area contributed by atoms with E-state index < -0.39 is 0 Å². The molecule has 3 nitrogen and oxygen atoms in total. The Kier molecular flexibility index (Phi) is 2.96. The van der Waals surface area contributed by atoms with Crippen molar-refractivity contribution in [3.63, 3.8) is 0 Å². The van der Waals surface area contributed by atoms with Crippen LogP contribution in [0.25, 0.3) is 0 Å². The van der Waals surface area contributed by atoms with E-state index in [1.165, 1.54) is 32.1 Å². The largest absolute Gasteiger partial charge is 0.298 e. The first kappa shape index (κ1) is 9.44. The summed E-state index contributed by atoms with van der Waals surface area (Å²) in [5.41, 5.74) is 0.681. The first-order chi connectivity index (χ1) is 6.88. The standard InChI is InChI=1S/C11H16N2O/c14-9-11-6-12-13(8-11)7-10-4-2-1-3-5-10/h6,8-10H,1-5,7H2. The molecule has 0 aromatic carbocycles. The molecule has 2 rings (SSSR count). The molecule has 76 valence electrons. The van der Waals surface area contributed by atoms with Crippen LogP contribution >= 0.6 is 0 Å². The van der Waals surface area contributed by atoms with Crippen LogP contribution in [0.15, 0.2) is 12.4 Å². The lowest BCUT2D eigenvalue weighted by molar-refractivity contribution is 0.112. The molecule has 0 N–H and O–H groups in total. The van der Waals surface area contributed by atoms with Gasteiger partial charge in [-0.05, 0) is 18.8 Å². The topological polar surface area (TPSA) is 34.9 Å². The summed E-state index contributed by atoms with van der Waals surface area (Å²) in [5, 5.41) is 4.17. The molecule has 14 heavy (non-hydrogen) atoms. The number of rotatable bonds is 3. The van der Waals surface area contributed by atoms with Crippen molar-refractivity contribution in [2.45, 2.75) is 38.6 Å². The molecule has 0 saturated heterocycles. The minimum absolute atomic E-state index is 0.681. The molecule has 0 aliphatic heterocycles. The maximum atomic E-state index is 10.5. The van der Waals surface area contributed by atoms with Crippen molar-refractivity contribution in [1.29, 1.82) is 0 Å². The summed E-state index contributed by atoms with van der Waals surface area (Å²) >= 11 is 0. The predicted molar refractivity (Wildman–Crippen MR) is 54.2 cm³/mol. The van der Waals surface area contributed by atoms with E-state index in [9.17, 15) is 4.79 Å². The maximum absolute atomic E-state index is 10.5. The molecule has 0 bridgehead atoms. The second-order valence-electron chi connectivity index (χ2n) is 4.12. The molecule has 1 aliphatic rings. The van der Waals surface area contributed by atoms with Gasteiger partial charge in [0.15, 0.2) is 6.29 Å². The zero-order chi connectivity index (χ0) is 9.80. The van der Waals surface area contributed by atoms with Crippen LogP contribution in [0, 0.1) is 5.92 Å². The first-order valence-corrected chi connectivity index (χ1v) is 5.36. The van der Waals surface area contributed by atoms with Gasteiger partial charge in [-0.1, -0.05) is 19.3 Å². The highest BCUT2D eigenvalue weighted by atomic mass is 16.1. The second kappa shape index (κ2) is 4.40. The number of aromatic nitrogens is 2. The van der Waals surface area contributed by atoms with Gasteiger partial charge in [0, 0.05) is 12.7 Å². The Morgan fingerprint density at radius 1 is 1.43 bits per heavy atom. The fourth-order valence-corrected chi connectivity index (χ4v) is 2.17. The van der Waals surface area contributed by atoms with Gasteiger partial charge in [0.1, 0.15) is 0 Å². The molecule has 1 saturated carbocycles. The van der Waals surface area contributed by atoms with Crippen molar-refractivity contribution >= 4 is 6.29 Å². The average molecular weight is 192 g/mol. The van der Waals surface area contributed by atoms with Crippen LogP contribution in [0.5, 0.6) is 0 Å². The van der Waals surface area contributed by atoms with E-state index in [0.717, 1.165) is 18.7 Å². The lowest BCUT2D eigenvalue weighted by Gasteiger charge is -2.21. The van der Waals surface area contributed by atoms with E-state index in [1.54, 1.807) is 6.20 Å². The highest BCUT2D eigenvalue weighted by Gasteiger charge is 2.14. The summed E-state index contributed by atoms with van der Waals surface area (Å²) in [6, 6.07) is 0. The van der Waals surface area contributed by atoms with Gasteiger partial charge in [0.25, 0.3) is 0 Å². The van der Waals surface area contributed by atoms with E-state index in [4.69, 9.17) is 0 Å². The van der Waals surface area contributed by atoms with Crippen molar-refractivity contribution in [3.05, 3.63) is 18.0 Å². The molecule has 1 aliphatic carbocycles. The summed E-state index contributed by atoms with van der Waals surface area (Å²) in [6.07, 6.45) is 11.0. The summed E-state index contributed by atoms with van der Waals surface area (Å²) < 4.78 is 1.90. The Labute approximate surface area is 84.1 Å². The summed E-state index contributed by atoms with van der Waals surface area (Å²) in [6.45, 7) is 0.980. The highest BCUT2D eigenvalue weighted by Crippen LogP contribution is 2.24.